The van der Waals surface area contributed by atoms with Gasteiger partial charge in [0.05, 0.1) is 9.92 Å². The summed E-state index contributed by atoms with van der Waals surface area (Å²) < 4.78 is 28.3. The molecule has 21 heavy (non-hydrogen) atoms. The number of benzene rings is 2. The minimum absolute atomic E-state index is 0.227. The first kappa shape index (κ1) is 15.8. The first-order chi connectivity index (χ1) is 9.77. The molecule has 2 aromatic rings. The fourth-order valence-electron chi connectivity index (χ4n) is 1.62. The zero-order valence-electron chi connectivity index (χ0n) is 11.0. The summed E-state index contributed by atoms with van der Waals surface area (Å²) in [4.78, 5) is 0.478. The van der Waals surface area contributed by atoms with Gasteiger partial charge in [-0.05, 0) is 42.5 Å². The second kappa shape index (κ2) is 6.01. The molecular weight excluding hydrogens is 330 g/mol. The Labute approximate surface area is 133 Å². The molecule has 0 saturated carbocycles. The molecule has 0 aliphatic carbocycles. The van der Waals surface area contributed by atoms with Crippen LogP contribution in [-0.2, 0) is 9.84 Å². The van der Waals surface area contributed by atoms with Crippen LogP contribution in [0, 0.1) is 0 Å². The Bertz CT molecular complexity index is 786. The van der Waals surface area contributed by atoms with Crippen molar-refractivity contribution < 1.29 is 13.2 Å². The largest absolute Gasteiger partial charge is 0.456 e. The third-order valence-corrected chi connectivity index (χ3v) is 4.36. The number of hydrogen-bond donors (Lipinski definition) is 1. The minimum Gasteiger partial charge on any atom is -0.456 e. The van der Waals surface area contributed by atoms with Gasteiger partial charge in [-0.15, -0.1) is 0 Å². The number of nitrogens with two attached hydrogens (primary N) is 1. The van der Waals surface area contributed by atoms with E-state index >= 15 is 0 Å². The fraction of sp³-hybridized carbons (Fsp3) is 0.0714. The van der Waals surface area contributed by atoms with E-state index in [1.807, 2.05) is 0 Å². The van der Waals surface area contributed by atoms with Crippen LogP contribution in [0.15, 0.2) is 47.4 Å². The smallest absolute Gasteiger partial charge is 0.175 e. The average molecular weight is 342 g/mol. The summed E-state index contributed by atoms with van der Waals surface area (Å²) in [5.41, 5.74) is 6.17. The van der Waals surface area contributed by atoms with Crippen LogP contribution in [0.5, 0.6) is 11.5 Å². The van der Waals surface area contributed by atoms with E-state index in [1.54, 1.807) is 30.3 Å². The molecule has 0 aliphatic rings. The van der Waals surface area contributed by atoms with Crippen LogP contribution in [0.3, 0.4) is 0 Å². The maximum atomic E-state index is 11.4. The van der Waals surface area contributed by atoms with Crippen LogP contribution >= 0.6 is 23.8 Å². The molecule has 2 aromatic carbocycles. The van der Waals surface area contributed by atoms with Crippen molar-refractivity contribution in [2.24, 2.45) is 5.73 Å². The van der Waals surface area contributed by atoms with Crippen molar-refractivity contribution in [1.29, 1.82) is 0 Å². The number of sulfone groups is 1. The van der Waals surface area contributed by atoms with Crippen LogP contribution < -0.4 is 10.5 Å². The van der Waals surface area contributed by atoms with Gasteiger partial charge in [0.2, 0.25) is 0 Å². The molecule has 0 aromatic heterocycles. The lowest BCUT2D eigenvalue weighted by atomic mass is 10.2. The van der Waals surface area contributed by atoms with Gasteiger partial charge in [0.1, 0.15) is 16.5 Å². The topological polar surface area (TPSA) is 69.4 Å². The zero-order chi connectivity index (χ0) is 15.6. The second-order valence-corrected chi connectivity index (χ2v) is 7.22. The Morgan fingerprint density at radius 1 is 1.19 bits per heavy atom. The molecule has 0 saturated heterocycles. The van der Waals surface area contributed by atoms with Crippen molar-refractivity contribution in [3.05, 3.63) is 53.1 Å². The molecule has 7 heteroatoms. The Balaban J connectivity index is 2.24. The van der Waals surface area contributed by atoms with Crippen molar-refractivity contribution in [3.63, 3.8) is 0 Å². The summed E-state index contributed by atoms with van der Waals surface area (Å²) in [7, 11) is -3.23. The van der Waals surface area contributed by atoms with Gasteiger partial charge in [0.25, 0.3) is 0 Å². The highest BCUT2D eigenvalue weighted by atomic mass is 35.5. The molecule has 4 nitrogen and oxygen atoms in total. The van der Waals surface area contributed by atoms with E-state index in [2.05, 4.69) is 0 Å². The summed E-state index contributed by atoms with van der Waals surface area (Å²) in [5, 5.41) is 0.368. The third kappa shape index (κ3) is 3.93. The van der Waals surface area contributed by atoms with E-state index in [-0.39, 0.29) is 9.88 Å². The van der Waals surface area contributed by atoms with Crippen LogP contribution in [-0.4, -0.2) is 19.7 Å². The highest BCUT2D eigenvalue weighted by Gasteiger charge is 2.09. The predicted molar refractivity (Wildman–Crippen MR) is 87.0 cm³/mol. The summed E-state index contributed by atoms with van der Waals surface area (Å²) in [5.74, 6) is 0.913. The molecular formula is C14H12ClNO3S2. The van der Waals surface area contributed by atoms with Gasteiger partial charge in [-0.25, -0.2) is 8.42 Å². The van der Waals surface area contributed by atoms with E-state index in [0.29, 0.717) is 22.1 Å². The van der Waals surface area contributed by atoms with Gasteiger partial charge in [-0.2, -0.15) is 0 Å². The number of hydrogen-bond acceptors (Lipinski definition) is 4. The minimum atomic E-state index is -3.23. The molecule has 0 fully saturated rings. The lowest BCUT2D eigenvalue weighted by Gasteiger charge is -2.09. The summed E-state index contributed by atoms with van der Waals surface area (Å²) in [6, 6.07) is 11.0. The van der Waals surface area contributed by atoms with E-state index in [9.17, 15) is 8.42 Å². The molecule has 0 bridgehead atoms. The van der Waals surface area contributed by atoms with Gasteiger partial charge in [-0.3, -0.25) is 0 Å². The van der Waals surface area contributed by atoms with Crippen molar-refractivity contribution in [1.82, 2.24) is 0 Å². The molecule has 110 valence electrons. The first-order valence-electron chi connectivity index (χ1n) is 5.85. The van der Waals surface area contributed by atoms with Crippen LogP contribution in [0.4, 0.5) is 0 Å². The third-order valence-electron chi connectivity index (χ3n) is 2.70. The number of ether oxygens (including phenoxy) is 1. The monoisotopic (exact) mass is 341 g/mol. The Morgan fingerprint density at radius 3 is 2.29 bits per heavy atom. The summed E-state index contributed by atoms with van der Waals surface area (Å²) in [6.07, 6.45) is 1.15. The van der Waals surface area contributed by atoms with E-state index in [1.165, 1.54) is 12.1 Å². The molecule has 0 aliphatic heterocycles. The van der Waals surface area contributed by atoms with E-state index < -0.39 is 9.84 Å². The normalized spacial score (nSPS) is 11.1. The van der Waals surface area contributed by atoms with Crippen molar-refractivity contribution in [2.75, 3.05) is 6.26 Å². The Hall–Kier alpha value is -1.63. The SMILES string of the molecule is CS(=O)(=O)c1ccc(Oc2ccc(C(N)=S)cc2Cl)cc1. The van der Waals surface area contributed by atoms with Crippen molar-refractivity contribution in [2.45, 2.75) is 4.90 Å². The van der Waals surface area contributed by atoms with Crippen molar-refractivity contribution >= 4 is 38.6 Å². The summed E-state index contributed by atoms with van der Waals surface area (Å²) >= 11 is 11.0. The standard InChI is InChI=1S/C14H12ClNO3S2/c1-21(17,18)11-5-3-10(4-6-11)19-13-7-2-9(14(16)20)8-12(13)15/h2-8H,1H3,(H2,16,20). The predicted octanol–water partition coefficient (Wildman–Crippen LogP) is 3.17. The molecule has 2 rings (SSSR count). The zero-order valence-corrected chi connectivity index (χ0v) is 13.4. The molecule has 0 spiro atoms. The van der Waals surface area contributed by atoms with Crippen LogP contribution in [0.2, 0.25) is 5.02 Å². The summed E-state index contributed by atoms with van der Waals surface area (Å²) in [6.45, 7) is 0. The van der Waals surface area contributed by atoms with Gasteiger partial charge < -0.3 is 10.5 Å². The quantitative estimate of drug-likeness (QED) is 0.865. The molecule has 0 radical (unpaired) electrons. The molecule has 0 unspecified atom stereocenters. The maximum absolute atomic E-state index is 11.4. The molecule has 0 atom stereocenters. The average Bonchev–Trinajstić information content (AvgIpc) is 2.40. The molecule has 0 amide bonds. The van der Waals surface area contributed by atoms with E-state index in [4.69, 9.17) is 34.3 Å². The van der Waals surface area contributed by atoms with Crippen LogP contribution in [0.1, 0.15) is 5.56 Å². The Kier molecular flexibility index (Phi) is 4.51. The molecule has 2 N–H and O–H groups in total. The van der Waals surface area contributed by atoms with Gasteiger partial charge in [0.15, 0.2) is 9.84 Å². The highest BCUT2D eigenvalue weighted by Crippen LogP contribution is 2.30. The lowest BCUT2D eigenvalue weighted by Crippen LogP contribution is -2.08. The second-order valence-electron chi connectivity index (χ2n) is 4.36. The van der Waals surface area contributed by atoms with Crippen molar-refractivity contribution in [3.8, 4) is 11.5 Å². The van der Waals surface area contributed by atoms with Gasteiger partial charge in [0, 0.05) is 11.8 Å². The van der Waals surface area contributed by atoms with Gasteiger partial charge >= 0.3 is 0 Å². The van der Waals surface area contributed by atoms with Crippen LogP contribution in [0.25, 0.3) is 0 Å². The lowest BCUT2D eigenvalue weighted by molar-refractivity contribution is 0.482. The fourth-order valence-corrected chi connectivity index (χ4v) is 2.60. The maximum Gasteiger partial charge on any atom is 0.175 e. The first-order valence-corrected chi connectivity index (χ1v) is 8.52. The Morgan fingerprint density at radius 2 is 1.81 bits per heavy atom. The molecule has 0 heterocycles. The van der Waals surface area contributed by atoms with E-state index in [0.717, 1.165) is 6.26 Å². The van der Waals surface area contributed by atoms with Gasteiger partial charge in [-0.1, -0.05) is 23.8 Å². The number of halogens is 1. The number of rotatable bonds is 4. The highest BCUT2D eigenvalue weighted by molar-refractivity contribution is 7.90. The number of thiocarbonyl (C=S) groups is 1.